The summed E-state index contributed by atoms with van der Waals surface area (Å²) in [5.41, 5.74) is 0.668. The second-order valence-electron chi connectivity index (χ2n) is 13.1. The lowest BCUT2D eigenvalue weighted by Crippen LogP contribution is -2.48. The van der Waals surface area contributed by atoms with Crippen molar-refractivity contribution in [1.29, 1.82) is 0 Å². The average Bonchev–Trinajstić information content (AvgIpc) is 3.60. The predicted molar refractivity (Wildman–Crippen MR) is 159 cm³/mol. The number of hydrogen-bond donors (Lipinski definition) is 0. The maximum Gasteiger partial charge on any atom is 0.410 e. The Bertz CT molecular complexity index is 1410. The van der Waals surface area contributed by atoms with Crippen molar-refractivity contribution < 1.29 is 38.2 Å². The molecular weight excluding hydrogens is 568 g/mol. The molecule has 0 bridgehead atoms. The van der Waals surface area contributed by atoms with Crippen molar-refractivity contribution in [3.63, 3.8) is 0 Å². The van der Waals surface area contributed by atoms with Gasteiger partial charge in [-0.25, -0.2) is 14.4 Å². The van der Waals surface area contributed by atoms with E-state index in [0.717, 1.165) is 11.3 Å². The van der Waals surface area contributed by atoms with E-state index >= 15 is 0 Å². The Labute approximate surface area is 257 Å². The Kier molecular flexibility index (Phi) is 8.45. The van der Waals surface area contributed by atoms with Crippen LogP contribution in [0.3, 0.4) is 0 Å². The van der Waals surface area contributed by atoms with Gasteiger partial charge in [-0.3, -0.25) is 9.59 Å². The standard InChI is InChI=1S/C32H40N4O8/c1-31(2,3)42-29(39)25(44-36-26(37)21-12-8-9-13-22(21)27(36)38)19-41-28-23-14-10-11-15-24(23)33(7)35(28)20-16-17-34(18-20)30(40)43-32(4,5)6/h8-15,20,25,28H,16-19H2,1-7H3/t20-,25+,28?/m1/s1. The zero-order valence-electron chi connectivity index (χ0n) is 26.2. The van der Waals surface area contributed by atoms with Crippen LogP contribution in [0.4, 0.5) is 10.5 Å². The normalized spacial score (nSPS) is 21.0. The number of amides is 3. The molecule has 5 rings (SSSR count). The van der Waals surface area contributed by atoms with Gasteiger partial charge in [0.05, 0.1) is 29.5 Å². The number of likely N-dealkylation sites (tertiary alicyclic amines) is 1. The number of anilines is 1. The van der Waals surface area contributed by atoms with E-state index in [0.29, 0.717) is 24.6 Å². The summed E-state index contributed by atoms with van der Waals surface area (Å²) in [6, 6.07) is 14.0. The zero-order chi connectivity index (χ0) is 32.0. The zero-order valence-corrected chi connectivity index (χ0v) is 26.2. The van der Waals surface area contributed by atoms with E-state index in [4.69, 9.17) is 19.0 Å². The molecule has 0 N–H and O–H groups in total. The summed E-state index contributed by atoms with van der Waals surface area (Å²) < 4.78 is 17.6. The van der Waals surface area contributed by atoms with Gasteiger partial charge >= 0.3 is 12.1 Å². The molecule has 3 aliphatic heterocycles. The first-order valence-electron chi connectivity index (χ1n) is 14.7. The number of rotatable bonds is 7. The molecule has 12 nitrogen and oxygen atoms in total. The number of para-hydroxylation sites is 1. The lowest BCUT2D eigenvalue weighted by Gasteiger charge is -2.36. The van der Waals surface area contributed by atoms with Gasteiger partial charge in [0.15, 0.2) is 6.23 Å². The number of carbonyl (C=O) groups is 4. The third kappa shape index (κ3) is 6.42. The quantitative estimate of drug-likeness (QED) is 0.332. The van der Waals surface area contributed by atoms with E-state index in [-0.39, 0.29) is 29.9 Å². The summed E-state index contributed by atoms with van der Waals surface area (Å²) in [6.45, 7) is 11.2. The van der Waals surface area contributed by atoms with E-state index in [1.54, 1.807) is 37.8 Å². The third-order valence-electron chi connectivity index (χ3n) is 7.39. The Morgan fingerprint density at radius 1 is 0.886 bits per heavy atom. The fourth-order valence-electron chi connectivity index (χ4n) is 5.55. The fourth-order valence-corrected chi connectivity index (χ4v) is 5.55. The largest absolute Gasteiger partial charge is 0.458 e. The minimum Gasteiger partial charge on any atom is -0.458 e. The van der Waals surface area contributed by atoms with Gasteiger partial charge < -0.3 is 24.1 Å². The van der Waals surface area contributed by atoms with Crippen LogP contribution in [0.25, 0.3) is 0 Å². The smallest absolute Gasteiger partial charge is 0.410 e. The summed E-state index contributed by atoms with van der Waals surface area (Å²) in [7, 11) is 1.92. The first-order valence-corrected chi connectivity index (χ1v) is 14.7. The van der Waals surface area contributed by atoms with Crippen LogP contribution in [-0.2, 0) is 23.8 Å². The molecule has 1 fully saturated rings. The molecule has 0 aliphatic carbocycles. The lowest BCUT2D eigenvalue weighted by atomic mass is 10.1. The van der Waals surface area contributed by atoms with Crippen LogP contribution in [0.2, 0.25) is 0 Å². The molecule has 1 unspecified atom stereocenters. The highest BCUT2D eigenvalue weighted by molar-refractivity contribution is 6.20. The van der Waals surface area contributed by atoms with E-state index in [1.807, 2.05) is 62.1 Å². The first kappa shape index (κ1) is 31.4. The van der Waals surface area contributed by atoms with E-state index in [2.05, 4.69) is 0 Å². The maximum absolute atomic E-state index is 13.4. The van der Waals surface area contributed by atoms with Crippen LogP contribution in [-0.4, -0.2) is 88.9 Å². The van der Waals surface area contributed by atoms with Gasteiger partial charge in [-0.1, -0.05) is 30.3 Å². The summed E-state index contributed by atoms with van der Waals surface area (Å²) in [6.07, 6.45) is -1.80. The summed E-state index contributed by atoms with van der Waals surface area (Å²) >= 11 is 0. The van der Waals surface area contributed by atoms with Crippen molar-refractivity contribution in [3.05, 3.63) is 65.2 Å². The number of esters is 1. The monoisotopic (exact) mass is 608 g/mol. The summed E-state index contributed by atoms with van der Waals surface area (Å²) in [5, 5.41) is 4.62. The molecule has 1 saturated heterocycles. The summed E-state index contributed by atoms with van der Waals surface area (Å²) in [4.78, 5) is 59.7. The first-order chi connectivity index (χ1) is 20.6. The fraction of sp³-hybridized carbons (Fsp3) is 0.500. The molecule has 0 radical (unpaired) electrons. The maximum atomic E-state index is 13.4. The Hall–Kier alpha value is -4.00. The minimum absolute atomic E-state index is 0.123. The molecule has 0 spiro atoms. The third-order valence-corrected chi connectivity index (χ3v) is 7.39. The van der Waals surface area contributed by atoms with Gasteiger partial charge in [0.25, 0.3) is 11.8 Å². The number of carbonyl (C=O) groups excluding carboxylic acids is 4. The minimum atomic E-state index is -1.43. The van der Waals surface area contributed by atoms with Crippen molar-refractivity contribution in [2.75, 3.05) is 31.8 Å². The molecule has 0 aromatic heterocycles. The number of hydroxylamine groups is 2. The molecule has 0 saturated carbocycles. The molecule has 2 aromatic carbocycles. The van der Waals surface area contributed by atoms with Gasteiger partial charge in [0, 0.05) is 25.7 Å². The lowest BCUT2D eigenvalue weighted by molar-refractivity contribution is -0.204. The summed E-state index contributed by atoms with van der Waals surface area (Å²) in [5.74, 6) is -2.11. The Morgan fingerprint density at radius 2 is 1.48 bits per heavy atom. The van der Waals surface area contributed by atoms with Crippen molar-refractivity contribution in [3.8, 4) is 0 Å². The number of ether oxygens (including phenoxy) is 3. The van der Waals surface area contributed by atoms with E-state index in [9.17, 15) is 19.2 Å². The molecule has 3 aliphatic rings. The van der Waals surface area contributed by atoms with E-state index in [1.165, 1.54) is 12.1 Å². The van der Waals surface area contributed by atoms with Crippen LogP contribution in [0.1, 0.15) is 80.5 Å². The topological polar surface area (TPSA) is 118 Å². The SMILES string of the molecule is CN1c2ccccc2C(OC[C@H](ON2C(=O)c3ccccc3C2=O)C(=O)OC(C)(C)C)N1[C@@H]1CCN(C(=O)OC(C)(C)C)C1. The van der Waals surface area contributed by atoms with Crippen molar-refractivity contribution in [1.82, 2.24) is 15.0 Å². The second-order valence-corrected chi connectivity index (χ2v) is 13.1. The number of nitrogens with zero attached hydrogens (tertiary/aromatic N) is 4. The molecule has 3 amide bonds. The molecule has 3 heterocycles. The van der Waals surface area contributed by atoms with Gasteiger partial charge in [0.2, 0.25) is 6.10 Å². The van der Waals surface area contributed by atoms with E-state index < -0.39 is 41.3 Å². The molecule has 236 valence electrons. The van der Waals surface area contributed by atoms with Gasteiger partial charge in [0.1, 0.15) is 11.2 Å². The van der Waals surface area contributed by atoms with Crippen LogP contribution >= 0.6 is 0 Å². The van der Waals surface area contributed by atoms with Crippen LogP contribution in [0.15, 0.2) is 48.5 Å². The number of fused-ring (bicyclic) bond motifs is 2. The van der Waals surface area contributed by atoms with Crippen LogP contribution < -0.4 is 5.01 Å². The van der Waals surface area contributed by atoms with Gasteiger partial charge in [-0.15, -0.1) is 5.06 Å². The Balaban J connectivity index is 1.37. The van der Waals surface area contributed by atoms with Crippen molar-refractivity contribution in [2.24, 2.45) is 0 Å². The molecule has 44 heavy (non-hydrogen) atoms. The number of hydrogen-bond acceptors (Lipinski definition) is 10. The van der Waals surface area contributed by atoms with Gasteiger partial charge in [-0.05, 0) is 66.2 Å². The van der Waals surface area contributed by atoms with Crippen LogP contribution in [0, 0.1) is 0 Å². The number of imide groups is 1. The average molecular weight is 609 g/mol. The second kappa shape index (κ2) is 11.8. The van der Waals surface area contributed by atoms with Gasteiger partial charge in [-0.2, -0.15) is 5.01 Å². The predicted octanol–water partition coefficient (Wildman–Crippen LogP) is 4.32. The number of hydrazine groups is 1. The highest BCUT2D eigenvalue weighted by atomic mass is 16.7. The Morgan fingerprint density at radius 3 is 2.09 bits per heavy atom. The highest BCUT2D eigenvalue weighted by Gasteiger charge is 2.45. The molecule has 2 aromatic rings. The van der Waals surface area contributed by atoms with Crippen molar-refractivity contribution >= 4 is 29.6 Å². The highest BCUT2D eigenvalue weighted by Crippen LogP contribution is 2.42. The molecule has 12 heteroatoms. The molecule has 3 atom stereocenters. The number of benzene rings is 2. The van der Waals surface area contributed by atoms with Crippen LogP contribution in [0.5, 0.6) is 0 Å². The van der Waals surface area contributed by atoms with Crippen molar-refractivity contribution in [2.45, 2.75) is 77.5 Å². The molecular formula is C32H40N4O8.